The van der Waals surface area contributed by atoms with E-state index >= 15 is 0 Å². The molecule has 0 fully saturated rings. The second-order valence-electron chi connectivity index (χ2n) is 17.5. The Kier molecular flexibility index (Phi) is 13.3. The zero-order chi connectivity index (χ0) is 47.0. The van der Waals surface area contributed by atoms with Crippen molar-refractivity contribution in [3.8, 4) is 0 Å². The number of azo groups is 1. The Morgan fingerprint density at radius 3 is 2.29 bits per heavy atom. The maximum atomic E-state index is 14.4. The smallest absolute Gasteiger partial charge is 0.326 e. The summed E-state index contributed by atoms with van der Waals surface area (Å²) in [7, 11) is 1.24. The van der Waals surface area contributed by atoms with E-state index in [4.69, 9.17) is 14.7 Å². The molecule has 2 amide bonds. The fraction of sp³-hybridized carbons (Fsp3) is 0.468. The number of aromatic nitrogens is 6. The van der Waals surface area contributed by atoms with Gasteiger partial charge in [0.1, 0.15) is 12.0 Å². The molecule has 3 aliphatic rings. The number of ketones is 2. The number of carboxylic acids is 1. The van der Waals surface area contributed by atoms with Gasteiger partial charge in [0.2, 0.25) is 5.91 Å². The summed E-state index contributed by atoms with van der Waals surface area (Å²) < 4.78 is 5.23. The molecule has 0 aromatic carbocycles. The van der Waals surface area contributed by atoms with Gasteiger partial charge in [0.25, 0.3) is 5.91 Å². The van der Waals surface area contributed by atoms with Gasteiger partial charge in [0, 0.05) is 81.4 Å². The lowest BCUT2D eigenvalue weighted by Crippen LogP contribution is -2.41. The number of esters is 1. The Morgan fingerprint density at radius 2 is 1.62 bits per heavy atom. The molecule has 342 valence electrons. The van der Waals surface area contributed by atoms with E-state index in [-0.39, 0.29) is 79.2 Å². The zero-order valence-corrected chi connectivity index (χ0v) is 38.1. The quantitative estimate of drug-likeness (QED) is 0.0223. The molecule has 1 aliphatic carbocycles. The number of methoxy groups -OCH3 is 1. The predicted octanol–water partition coefficient (Wildman–Crippen LogP) is 7.55. The molecule has 6 atom stereocenters. The first kappa shape index (κ1) is 46.2. The van der Waals surface area contributed by atoms with E-state index in [1.54, 1.807) is 0 Å². The van der Waals surface area contributed by atoms with Crippen LogP contribution < -0.4 is 10.6 Å². The van der Waals surface area contributed by atoms with Crippen LogP contribution in [0.5, 0.6) is 0 Å². The number of carbonyl (C=O) groups excluding carboxylic acids is 5. The minimum absolute atomic E-state index is 0.0195. The number of nitrogens with zero attached hydrogens (tertiary/aromatic N) is 5. The van der Waals surface area contributed by atoms with Crippen LogP contribution in [0, 0.1) is 13.8 Å². The van der Waals surface area contributed by atoms with Crippen LogP contribution in [0.1, 0.15) is 174 Å². The molecule has 18 heteroatoms. The number of aromatic amines is 3. The number of fused-ring (bicyclic) bond motifs is 8. The summed E-state index contributed by atoms with van der Waals surface area (Å²) in [5.41, 5.74) is 7.95. The van der Waals surface area contributed by atoms with Crippen LogP contribution in [0.3, 0.4) is 0 Å². The molecular formula is C47H56N10O8. The van der Waals surface area contributed by atoms with Crippen LogP contribution in [0.2, 0.25) is 0 Å². The maximum absolute atomic E-state index is 14.4. The molecule has 18 nitrogen and oxygen atoms in total. The minimum Gasteiger partial charge on any atom is -0.480 e. The third-order valence-electron chi connectivity index (χ3n) is 12.9. The molecule has 6 N–H and O–H groups in total. The average molecular weight is 889 g/mol. The summed E-state index contributed by atoms with van der Waals surface area (Å²) in [6.45, 7) is 15.2. The summed E-state index contributed by atoms with van der Waals surface area (Å²) in [4.78, 5) is 104. The predicted molar refractivity (Wildman–Crippen MR) is 241 cm³/mol. The topological polar surface area (TPSA) is 267 Å². The number of carboxylic acid groups (broad SMARTS) is 1. The summed E-state index contributed by atoms with van der Waals surface area (Å²) in [5, 5.41) is 23.2. The standard InChI is InChI=1S/C47H56N10O8/c1-10-26-21(4)29-18-34-36(25(8)58)23(6)31(52-34)16-30-22(5)27(40(53-30)38-39(47(64)65-9)43(60)37-24(7)32(54-41(37)38)17-33(26)51-29)13-14-35(59)48-15-11-12-28(46(62)63)55-45(61)42-44(50-19-49-42)57-56-20(2)3/h16-22,26-28,39,52,54H,10-15H2,1-9H3,(H,48,59)(H,49,50)(H,55,61)(H,62,63)/b29-18?,30-16?,31-16?,32-17?,33-17?,34-18?,40-38?,57-56+/t21-,22+,26-,27+,28?,39?/m0/s1. The van der Waals surface area contributed by atoms with Gasteiger partial charge in [-0.2, -0.15) is 5.11 Å². The van der Waals surface area contributed by atoms with Crippen molar-refractivity contribution >= 4 is 63.2 Å². The molecule has 7 rings (SSSR count). The zero-order valence-electron chi connectivity index (χ0n) is 38.1. The number of H-pyrrole nitrogens is 3. The van der Waals surface area contributed by atoms with Crippen LogP contribution in [-0.4, -0.2) is 96.1 Å². The normalized spacial score (nSPS) is 19.5. The van der Waals surface area contributed by atoms with Crippen molar-refractivity contribution in [3.05, 3.63) is 80.8 Å². The number of aryl methyl sites for hydroxylation is 2. The molecule has 6 heterocycles. The lowest BCUT2D eigenvalue weighted by Gasteiger charge is -2.19. The highest BCUT2D eigenvalue weighted by Gasteiger charge is 2.45. The molecule has 65 heavy (non-hydrogen) atoms. The van der Waals surface area contributed by atoms with Crippen LogP contribution in [0.4, 0.5) is 5.82 Å². The van der Waals surface area contributed by atoms with E-state index < -0.39 is 41.5 Å². The number of hydrogen-bond donors (Lipinski definition) is 6. The van der Waals surface area contributed by atoms with E-state index in [0.29, 0.717) is 55.7 Å². The van der Waals surface area contributed by atoms with Crippen molar-refractivity contribution in [1.29, 1.82) is 0 Å². The number of rotatable bonds is 15. The first-order chi connectivity index (χ1) is 30.9. The number of imidazole rings is 1. The highest BCUT2D eigenvalue weighted by Crippen LogP contribution is 2.48. The monoisotopic (exact) mass is 888 g/mol. The fourth-order valence-electron chi connectivity index (χ4n) is 9.43. The molecule has 2 unspecified atom stereocenters. The Balaban J connectivity index is 1.21. The number of Topliss-reactive ketones (excluding diaryl/α,β-unsaturated/α-hetero) is 2. The number of nitrogens with one attached hydrogen (secondary N) is 5. The van der Waals surface area contributed by atoms with Gasteiger partial charge in [-0.1, -0.05) is 20.8 Å². The summed E-state index contributed by atoms with van der Waals surface area (Å²) >= 11 is 0. The van der Waals surface area contributed by atoms with Crippen molar-refractivity contribution in [2.24, 2.45) is 10.2 Å². The number of amides is 2. The summed E-state index contributed by atoms with van der Waals surface area (Å²) in [5.74, 6) is -5.31. The molecule has 0 spiro atoms. The van der Waals surface area contributed by atoms with Gasteiger partial charge >= 0.3 is 11.9 Å². The van der Waals surface area contributed by atoms with Crippen molar-refractivity contribution < 1.29 is 38.6 Å². The van der Waals surface area contributed by atoms with Gasteiger partial charge in [-0.15, -0.1) is 5.11 Å². The van der Waals surface area contributed by atoms with Gasteiger partial charge < -0.3 is 35.4 Å². The molecule has 0 saturated carbocycles. The number of ether oxygens (including phenoxy) is 1. The van der Waals surface area contributed by atoms with Crippen LogP contribution in [0.15, 0.2) is 34.8 Å². The van der Waals surface area contributed by atoms with Crippen LogP contribution in [0.25, 0.3) is 22.1 Å². The van der Waals surface area contributed by atoms with Gasteiger partial charge in [0.15, 0.2) is 23.1 Å². The molecule has 2 aliphatic heterocycles. The van der Waals surface area contributed by atoms with Gasteiger partial charge in [-0.05, 0) is 89.6 Å². The van der Waals surface area contributed by atoms with E-state index in [1.165, 1.54) is 20.4 Å². The lowest BCUT2D eigenvalue weighted by atomic mass is 9.84. The second kappa shape index (κ2) is 18.7. The Labute approximate surface area is 375 Å². The molecular weight excluding hydrogens is 833 g/mol. The van der Waals surface area contributed by atoms with Gasteiger partial charge in [-0.3, -0.25) is 33.9 Å². The Morgan fingerprint density at radius 1 is 0.938 bits per heavy atom. The van der Waals surface area contributed by atoms with E-state index in [0.717, 1.165) is 23.4 Å². The van der Waals surface area contributed by atoms with Gasteiger partial charge in [0.05, 0.1) is 36.2 Å². The van der Waals surface area contributed by atoms with E-state index in [9.17, 15) is 33.9 Å². The van der Waals surface area contributed by atoms with E-state index in [2.05, 4.69) is 54.6 Å². The number of aliphatic carboxylic acids is 1. The molecule has 0 radical (unpaired) electrons. The molecule has 4 aromatic rings. The highest BCUT2D eigenvalue weighted by molar-refractivity contribution is 6.23. The molecule has 0 saturated heterocycles. The third kappa shape index (κ3) is 8.85. The first-order valence-corrected chi connectivity index (χ1v) is 22.1. The SMILES string of the molecule is CC[C@@H]1c2cc3[nH]c4c(c3C)C(=O)C(C(=O)OC)c4c3nc(cc4[nH]c(cc(n2)[C@H]1C)c(C(C)=O)c4C)[C@H](C)[C@H]3CCC(=O)NCCCC(NC(=O)c1nc[nH]c1/N=N/C(C)C)C(=O)O. The summed E-state index contributed by atoms with van der Waals surface area (Å²) in [6, 6.07) is 4.43. The third-order valence-corrected chi connectivity index (χ3v) is 12.9. The second-order valence-corrected chi connectivity index (χ2v) is 17.5. The maximum Gasteiger partial charge on any atom is 0.326 e. The Hall–Kier alpha value is -6.85. The highest BCUT2D eigenvalue weighted by atomic mass is 16.5. The lowest BCUT2D eigenvalue weighted by molar-refractivity contribution is -0.141. The minimum atomic E-state index is -1.29. The van der Waals surface area contributed by atoms with Crippen molar-refractivity contribution in [2.75, 3.05) is 13.7 Å². The Bertz CT molecular complexity index is 2800. The summed E-state index contributed by atoms with van der Waals surface area (Å²) in [6.07, 6.45) is 2.65. The molecule has 8 bridgehead atoms. The first-order valence-electron chi connectivity index (χ1n) is 22.1. The van der Waals surface area contributed by atoms with Crippen molar-refractivity contribution in [2.45, 2.75) is 129 Å². The van der Waals surface area contributed by atoms with Crippen LogP contribution in [-0.2, 0) is 19.1 Å². The van der Waals surface area contributed by atoms with E-state index in [1.807, 2.05) is 52.8 Å². The van der Waals surface area contributed by atoms with Crippen molar-refractivity contribution in [1.82, 2.24) is 40.5 Å². The van der Waals surface area contributed by atoms with Gasteiger partial charge in [-0.25, -0.2) is 9.78 Å². The largest absolute Gasteiger partial charge is 0.480 e. The molecule has 4 aromatic heterocycles. The number of carbonyl (C=O) groups is 6. The number of hydrogen-bond acceptors (Lipinski definition) is 12. The average Bonchev–Trinajstić information content (AvgIpc) is 4.09. The van der Waals surface area contributed by atoms with Crippen molar-refractivity contribution in [3.63, 3.8) is 0 Å². The fourth-order valence-corrected chi connectivity index (χ4v) is 9.43. The van der Waals surface area contributed by atoms with Crippen LogP contribution >= 0.6 is 0 Å².